The van der Waals surface area contributed by atoms with E-state index in [0.29, 0.717) is 6.54 Å². The van der Waals surface area contributed by atoms with Gasteiger partial charge in [0.1, 0.15) is 0 Å². The summed E-state index contributed by atoms with van der Waals surface area (Å²) >= 11 is 0. The molecular weight excluding hydrogens is 318 g/mol. The third-order valence-electron chi connectivity index (χ3n) is 4.23. The van der Waals surface area contributed by atoms with E-state index in [2.05, 4.69) is 21.6 Å². The number of urea groups is 1. The summed E-state index contributed by atoms with van der Waals surface area (Å²) in [6.45, 7) is 2.45. The number of carbonyl (C=O) groups excluding carboxylic acids is 1. The van der Waals surface area contributed by atoms with E-state index < -0.39 is 5.97 Å². The molecule has 0 unspecified atom stereocenters. The van der Waals surface area contributed by atoms with E-state index in [1.165, 1.54) is 25.0 Å². The van der Waals surface area contributed by atoms with Crippen LogP contribution >= 0.6 is 0 Å². The zero-order valence-corrected chi connectivity index (χ0v) is 13.9. The molecule has 0 radical (unpaired) electrons. The predicted molar refractivity (Wildman–Crippen MR) is 97.1 cm³/mol. The monoisotopic (exact) mass is 339 g/mol. The van der Waals surface area contributed by atoms with Gasteiger partial charge in [0.15, 0.2) is 0 Å². The highest BCUT2D eigenvalue weighted by molar-refractivity contribution is 5.90. The first-order valence-corrected chi connectivity index (χ1v) is 8.34. The average molecular weight is 339 g/mol. The van der Waals surface area contributed by atoms with Crippen molar-refractivity contribution in [3.8, 4) is 0 Å². The van der Waals surface area contributed by atoms with E-state index in [-0.39, 0.29) is 11.6 Å². The summed E-state index contributed by atoms with van der Waals surface area (Å²) < 4.78 is 0. The van der Waals surface area contributed by atoms with E-state index in [0.717, 1.165) is 30.0 Å². The number of carbonyl (C=O) groups is 2. The van der Waals surface area contributed by atoms with Gasteiger partial charge < -0.3 is 20.6 Å². The standard InChI is InChI=1S/C19H21N3O3/c23-18(24)15-8-6-14(7-9-15)13-20-19(25)21-16-4-3-5-17(12-16)22-10-1-2-11-22/h3-9,12H,1-2,10-11,13H2,(H,23,24)(H2,20,21,25). The number of amides is 2. The molecule has 0 spiro atoms. The summed E-state index contributed by atoms with van der Waals surface area (Å²) in [7, 11) is 0. The molecule has 0 aromatic heterocycles. The van der Waals surface area contributed by atoms with Crippen molar-refractivity contribution in [2.45, 2.75) is 19.4 Å². The summed E-state index contributed by atoms with van der Waals surface area (Å²) in [5.74, 6) is -0.963. The summed E-state index contributed by atoms with van der Waals surface area (Å²) in [5.41, 5.74) is 2.94. The van der Waals surface area contributed by atoms with Gasteiger partial charge in [0, 0.05) is 31.0 Å². The number of carboxylic acid groups (broad SMARTS) is 1. The van der Waals surface area contributed by atoms with Crippen LogP contribution in [-0.4, -0.2) is 30.2 Å². The maximum Gasteiger partial charge on any atom is 0.335 e. The Labute approximate surface area is 146 Å². The minimum absolute atomic E-state index is 0.229. The van der Waals surface area contributed by atoms with Crippen molar-refractivity contribution >= 4 is 23.4 Å². The van der Waals surface area contributed by atoms with Crippen LogP contribution in [0.2, 0.25) is 0 Å². The Morgan fingerprint density at radius 3 is 2.44 bits per heavy atom. The van der Waals surface area contributed by atoms with Gasteiger partial charge >= 0.3 is 12.0 Å². The zero-order chi connectivity index (χ0) is 17.6. The molecule has 1 aliphatic heterocycles. The van der Waals surface area contributed by atoms with Crippen LogP contribution < -0.4 is 15.5 Å². The van der Waals surface area contributed by atoms with Gasteiger partial charge in [-0.1, -0.05) is 18.2 Å². The van der Waals surface area contributed by atoms with E-state index >= 15 is 0 Å². The van der Waals surface area contributed by atoms with Gasteiger partial charge in [-0.2, -0.15) is 0 Å². The van der Waals surface area contributed by atoms with Crippen LogP contribution in [0.4, 0.5) is 16.2 Å². The molecule has 2 aromatic carbocycles. The van der Waals surface area contributed by atoms with Crippen molar-refractivity contribution < 1.29 is 14.7 Å². The van der Waals surface area contributed by atoms with Gasteiger partial charge in [-0.15, -0.1) is 0 Å². The van der Waals surface area contributed by atoms with E-state index in [1.807, 2.05) is 18.2 Å². The molecule has 0 bridgehead atoms. The SMILES string of the molecule is O=C(NCc1ccc(C(=O)O)cc1)Nc1cccc(N2CCCC2)c1. The fraction of sp³-hybridized carbons (Fsp3) is 0.263. The first-order chi connectivity index (χ1) is 12.1. The molecule has 1 fully saturated rings. The normalized spacial score (nSPS) is 13.5. The molecule has 2 amide bonds. The minimum atomic E-state index is -0.963. The van der Waals surface area contributed by atoms with Crippen molar-refractivity contribution in [3.05, 3.63) is 59.7 Å². The maximum absolute atomic E-state index is 12.1. The van der Waals surface area contributed by atoms with Gasteiger partial charge in [-0.3, -0.25) is 0 Å². The average Bonchev–Trinajstić information content (AvgIpc) is 3.15. The van der Waals surface area contributed by atoms with Crippen LogP contribution in [0.3, 0.4) is 0 Å². The second-order valence-electron chi connectivity index (χ2n) is 6.05. The van der Waals surface area contributed by atoms with Gasteiger partial charge in [0.25, 0.3) is 0 Å². The van der Waals surface area contributed by atoms with Gasteiger partial charge in [-0.25, -0.2) is 9.59 Å². The Kier molecular flexibility index (Phi) is 5.18. The number of carboxylic acids is 1. The molecular formula is C19H21N3O3. The highest BCUT2D eigenvalue weighted by Crippen LogP contribution is 2.23. The Morgan fingerprint density at radius 1 is 1.04 bits per heavy atom. The van der Waals surface area contributed by atoms with Crippen molar-refractivity contribution in [1.29, 1.82) is 0 Å². The van der Waals surface area contributed by atoms with Gasteiger partial charge in [-0.05, 0) is 48.7 Å². The van der Waals surface area contributed by atoms with Crippen molar-refractivity contribution in [2.75, 3.05) is 23.3 Å². The van der Waals surface area contributed by atoms with E-state index in [4.69, 9.17) is 5.11 Å². The van der Waals surface area contributed by atoms with E-state index in [1.54, 1.807) is 12.1 Å². The summed E-state index contributed by atoms with van der Waals surface area (Å²) in [5, 5.41) is 14.5. The minimum Gasteiger partial charge on any atom is -0.478 e. The molecule has 130 valence electrons. The predicted octanol–water partition coefficient (Wildman–Crippen LogP) is 3.31. The topological polar surface area (TPSA) is 81.7 Å². The van der Waals surface area contributed by atoms with Crippen LogP contribution in [-0.2, 0) is 6.54 Å². The summed E-state index contributed by atoms with van der Waals surface area (Å²) in [6.07, 6.45) is 2.41. The van der Waals surface area contributed by atoms with Crippen LogP contribution in [0.1, 0.15) is 28.8 Å². The number of anilines is 2. The Bertz CT molecular complexity index is 753. The molecule has 1 aliphatic rings. The molecule has 3 rings (SSSR count). The van der Waals surface area contributed by atoms with Crippen molar-refractivity contribution in [3.63, 3.8) is 0 Å². The molecule has 3 N–H and O–H groups in total. The third-order valence-corrected chi connectivity index (χ3v) is 4.23. The molecule has 1 saturated heterocycles. The maximum atomic E-state index is 12.1. The molecule has 25 heavy (non-hydrogen) atoms. The van der Waals surface area contributed by atoms with Gasteiger partial charge in [0.2, 0.25) is 0 Å². The Balaban J connectivity index is 1.53. The van der Waals surface area contributed by atoms with Crippen molar-refractivity contribution in [2.24, 2.45) is 0 Å². The fourth-order valence-corrected chi connectivity index (χ4v) is 2.88. The molecule has 2 aromatic rings. The number of aromatic carboxylic acids is 1. The zero-order valence-electron chi connectivity index (χ0n) is 13.9. The lowest BCUT2D eigenvalue weighted by Gasteiger charge is -2.18. The highest BCUT2D eigenvalue weighted by atomic mass is 16.4. The largest absolute Gasteiger partial charge is 0.478 e. The number of rotatable bonds is 5. The Morgan fingerprint density at radius 2 is 1.76 bits per heavy atom. The second-order valence-corrected chi connectivity index (χ2v) is 6.05. The Hall–Kier alpha value is -3.02. The molecule has 6 nitrogen and oxygen atoms in total. The highest BCUT2D eigenvalue weighted by Gasteiger charge is 2.12. The summed E-state index contributed by atoms with van der Waals surface area (Å²) in [6, 6.07) is 14.0. The lowest BCUT2D eigenvalue weighted by molar-refractivity contribution is 0.0697. The van der Waals surface area contributed by atoms with Crippen LogP contribution in [0.5, 0.6) is 0 Å². The van der Waals surface area contributed by atoms with E-state index in [9.17, 15) is 9.59 Å². The number of benzene rings is 2. The van der Waals surface area contributed by atoms with Crippen LogP contribution in [0.15, 0.2) is 48.5 Å². The number of nitrogens with zero attached hydrogens (tertiary/aromatic N) is 1. The lowest BCUT2D eigenvalue weighted by Crippen LogP contribution is -2.28. The number of nitrogens with one attached hydrogen (secondary N) is 2. The number of hydrogen-bond donors (Lipinski definition) is 3. The molecule has 6 heteroatoms. The van der Waals surface area contributed by atoms with Crippen LogP contribution in [0.25, 0.3) is 0 Å². The summed E-state index contributed by atoms with van der Waals surface area (Å²) in [4.78, 5) is 25.2. The van der Waals surface area contributed by atoms with Gasteiger partial charge in [0.05, 0.1) is 5.56 Å². The molecule has 0 saturated carbocycles. The number of hydrogen-bond acceptors (Lipinski definition) is 3. The third kappa shape index (κ3) is 4.50. The first kappa shape index (κ1) is 16.8. The fourth-order valence-electron chi connectivity index (χ4n) is 2.88. The molecule has 0 atom stereocenters. The smallest absolute Gasteiger partial charge is 0.335 e. The quantitative estimate of drug-likeness (QED) is 0.780. The second kappa shape index (κ2) is 7.70. The van der Waals surface area contributed by atoms with Crippen LogP contribution in [0, 0.1) is 0 Å². The van der Waals surface area contributed by atoms with Crippen molar-refractivity contribution in [1.82, 2.24) is 5.32 Å². The molecule has 0 aliphatic carbocycles. The molecule has 1 heterocycles. The lowest BCUT2D eigenvalue weighted by atomic mass is 10.1. The first-order valence-electron chi connectivity index (χ1n) is 8.34.